The molecule has 3 amide bonds. The van der Waals surface area contributed by atoms with E-state index in [1.54, 1.807) is 6.92 Å². The first kappa shape index (κ1) is 15.1. The second-order valence-corrected chi connectivity index (χ2v) is 6.30. The Morgan fingerprint density at radius 3 is 2.55 bits per heavy atom. The van der Waals surface area contributed by atoms with Gasteiger partial charge in [-0.25, -0.2) is 4.79 Å². The standard InChI is InChI=1S/C15H27N3O2/c1-11(17-15(16)20)14(19)18-9-5-8-13(18)10-12-6-3-2-4-7-12/h11-13H,2-10H2,1H3,(H3,16,17,20)/t11-,13+/m0/s1. The number of likely N-dealkylation sites (tertiary alicyclic amines) is 1. The smallest absolute Gasteiger partial charge is 0.312 e. The molecule has 5 nitrogen and oxygen atoms in total. The summed E-state index contributed by atoms with van der Waals surface area (Å²) in [6.07, 6.45) is 9.98. The van der Waals surface area contributed by atoms with Crippen LogP contribution in [-0.4, -0.2) is 35.5 Å². The summed E-state index contributed by atoms with van der Waals surface area (Å²) >= 11 is 0. The third-order valence-corrected chi connectivity index (χ3v) is 4.72. The minimum Gasteiger partial charge on any atom is -0.352 e. The predicted molar refractivity (Wildman–Crippen MR) is 78.1 cm³/mol. The van der Waals surface area contributed by atoms with Crippen molar-refractivity contribution in [3.63, 3.8) is 0 Å². The van der Waals surface area contributed by atoms with Crippen LogP contribution in [0, 0.1) is 5.92 Å². The molecule has 0 radical (unpaired) electrons. The molecule has 5 heteroatoms. The molecule has 0 unspecified atom stereocenters. The number of nitrogens with one attached hydrogen (secondary N) is 1. The fourth-order valence-electron chi connectivity index (χ4n) is 3.70. The van der Waals surface area contributed by atoms with Crippen LogP contribution in [0.4, 0.5) is 4.79 Å². The normalized spacial score (nSPS) is 25.4. The second-order valence-electron chi connectivity index (χ2n) is 6.30. The minimum absolute atomic E-state index is 0.0158. The SMILES string of the molecule is C[C@H](NC(N)=O)C(=O)N1CCC[C@@H]1CC1CCCCC1. The molecule has 3 N–H and O–H groups in total. The fraction of sp³-hybridized carbons (Fsp3) is 0.867. The van der Waals surface area contributed by atoms with E-state index in [2.05, 4.69) is 5.32 Å². The molecule has 1 saturated carbocycles. The molecule has 1 heterocycles. The Morgan fingerprint density at radius 1 is 1.20 bits per heavy atom. The van der Waals surface area contributed by atoms with Crippen LogP contribution in [0.3, 0.4) is 0 Å². The van der Waals surface area contributed by atoms with E-state index in [-0.39, 0.29) is 5.91 Å². The van der Waals surface area contributed by atoms with Crippen molar-refractivity contribution in [1.29, 1.82) is 0 Å². The first-order valence-electron chi connectivity index (χ1n) is 7.94. The molecular weight excluding hydrogens is 254 g/mol. The molecule has 0 spiro atoms. The van der Waals surface area contributed by atoms with E-state index in [4.69, 9.17) is 5.73 Å². The number of nitrogens with two attached hydrogens (primary N) is 1. The Hall–Kier alpha value is -1.26. The summed E-state index contributed by atoms with van der Waals surface area (Å²) < 4.78 is 0. The Bertz CT molecular complexity index is 353. The van der Waals surface area contributed by atoms with Gasteiger partial charge in [0.05, 0.1) is 0 Å². The van der Waals surface area contributed by atoms with E-state index in [0.29, 0.717) is 6.04 Å². The maximum Gasteiger partial charge on any atom is 0.312 e. The summed E-state index contributed by atoms with van der Waals surface area (Å²) in [6, 6.07) is -0.781. The van der Waals surface area contributed by atoms with Gasteiger partial charge in [0.25, 0.3) is 0 Å². The monoisotopic (exact) mass is 281 g/mol. The molecule has 2 aliphatic rings. The summed E-state index contributed by atoms with van der Waals surface area (Å²) in [5.74, 6) is 0.795. The van der Waals surface area contributed by atoms with Gasteiger partial charge in [0.15, 0.2) is 0 Å². The first-order chi connectivity index (χ1) is 9.58. The number of rotatable bonds is 4. The van der Waals surface area contributed by atoms with E-state index >= 15 is 0 Å². The Labute approximate surface area is 121 Å². The molecule has 114 valence electrons. The van der Waals surface area contributed by atoms with Crippen molar-refractivity contribution < 1.29 is 9.59 Å². The molecule has 1 aliphatic heterocycles. The highest BCUT2D eigenvalue weighted by Gasteiger charge is 2.33. The molecule has 2 atom stereocenters. The van der Waals surface area contributed by atoms with Crippen LogP contribution in [0.1, 0.15) is 58.3 Å². The minimum atomic E-state index is -0.631. The third kappa shape index (κ3) is 3.87. The highest BCUT2D eigenvalue weighted by molar-refractivity contribution is 5.86. The lowest BCUT2D eigenvalue weighted by Crippen LogP contribution is -2.50. The van der Waals surface area contributed by atoms with Crippen LogP contribution in [0.15, 0.2) is 0 Å². The van der Waals surface area contributed by atoms with Crippen LogP contribution in [0.5, 0.6) is 0 Å². The number of urea groups is 1. The molecule has 0 bridgehead atoms. The van der Waals surface area contributed by atoms with Crippen LogP contribution in [0.25, 0.3) is 0 Å². The third-order valence-electron chi connectivity index (χ3n) is 4.72. The van der Waals surface area contributed by atoms with Gasteiger partial charge in [-0.2, -0.15) is 0 Å². The van der Waals surface area contributed by atoms with Crippen molar-refractivity contribution in [1.82, 2.24) is 10.2 Å². The number of carbonyl (C=O) groups is 2. The highest BCUT2D eigenvalue weighted by atomic mass is 16.2. The van der Waals surface area contributed by atoms with Crippen molar-refractivity contribution in [2.75, 3.05) is 6.54 Å². The highest BCUT2D eigenvalue weighted by Crippen LogP contribution is 2.32. The van der Waals surface area contributed by atoms with Gasteiger partial charge >= 0.3 is 6.03 Å². The number of hydrogen-bond donors (Lipinski definition) is 2. The largest absolute Gasteiger partial charge is 0.352 e. The van der Waals surface area contributed by atoms with Crippen molar-refractivity contribution >= 4 is 11.9 Å². The van der Waals surface area contributed by atoms with Crippen molar-refractivity contribution in [2.24, 2.45) is 11.7 Å². The maximum absolute atomic E-state index is 12.4. The number of primary amides is 1. The number of carbonyl (C=O) groups excluding carboxylic acids is 2. The Kier molecular flexibility index (Phi) is 5.26. The van der Waals surface area contributed by atoms with Crippen molar-refractivity contribution in [3.8, 4) is 0 Å². The first-order valence-corrected chi connectivity index (χ1v) is 7.94. The van der Waals surface area contributed by atoms with Gasteiger partial charge < -0.3 is 16.0 Å². The van der Waals surface area contributed by atoms with Gasteiger partial charge in [0.1, 0.15) is 6.04 Å². The van der Waals surface area contributed by atoms with E-state index in [0.717, 1.165) is 31.7 Å². The fourth-order valence-corrected chi connectivity index (χ4v) is 3.70. The Morgan fingerprint density at radius 2 is 1.90 bits per heavy atom. The molecule has 20 heavy (non-hydrogen) atoms. The molecule has 2 fully saturated rings. The topological polar surface area (TPSA) is 75.4 Å². The van der Waals surface area contributed by atoms with Crippen LogP contribution < -0.4 is 11.1 Å². The molecule has 1 saturated heterocycles. The lowest BCUT2D eigenvalue weighted by molar-refractivity contribution is -0.133. The van der Waals surface area contributed by atoms with Gasteiger partial charge in [-0.3, -0.25) is 4.79 Å². The lowest BCUT2D eigenvalue weighted by atomic mass is 9.84. The van der Waals surface area contributed by atoms with Gasteiger partial charge in [-0.05, 0) is 32.1 Å². The van der Waals surface area contributed by atoms with E-state index in [1.165, 1.54) is 32.1 Å². The molecular formula is C15H27N3O2. The van der Waals surface area contributed by atoms with Gasteiger partial charge in [0, 0.05) is 12.6 Å². The average molecular weight is 281 g/mol. The zero-order valence-corrected chi connectivity index (χ0v) is 12.4. The van der Waals surface area contributed by atoms with Crippen molar-refractivity contribution in [2.45, 2.75) is 70.4 Å². The molecule has 1 aliphatic carbocycles. The molecule has 0 aromatic rings. The van der Waals surface area contributed by atoms with Gasteiger partial charge in [-0.15, -0.1) is 0 Å². The lowest BCUT2D eigenvalue weighted by Gasteiger charge is -2.31. The summed E-state index contributed by atoms with van der Waals surface area (Å²) in [5.41, 5.74) is 5.09. The van der Waals surface area contributed by atoms with E-state index < -0.39 is 12.1 Å². The zero-order chi connectivity index (χ0) is 14.5. The van der Waals surface area contributed by atoms with Crippen molar-refractivity contribution in [3.05, 3.63) is 0 Å². The second kappa shape index (κ2) is 6.95. The quantitative estimate of drug-likeness (QED) is 0.827. The summed E-state index contributed by atoms with van der Waals surface area (Å²) in [7, 11) is 0. The van der Waals surface area contributed by atoms with Crippen LogP contribution in [0.2, 0.25) is 0 Å². The molecule has 0 aromatic carbocycles. The van der Waals surface area contributed by atoms with Gasteiger partial charge in [-0.1, -0.05) is 32.1 Å². The van der Waals surface area contributed by atoms with Gasteiger partial charge in [0.2, 0.25) is 5.91 Å². The summed E-state index contributed by atoms with van der Waals surface area (Å²) in [6.45, 7) is 2.53. The molecule has 0 aromatic heterocycles. The average Bonchev–Trinajstić information content (AvgIpc) is 2.86. The van der Waals surface area contributed by atoms with E-state index in [9.17, 15) is 9.59 Å². The number of nitrogens with zero attached hydrogens (tertiary/aromatic N) is 1. The van der Waals surface area contributed by atoms with Crippen LogP contribution in [-0.2, 0) is 4.79 Å². The predicted octanol–water partition coefficient (Wildman–Crippen LogP) is 2.00. The summed E-state index contributed by atoms with van der Waals surface area (Å²) in [5, 5.41) is 2.49. The zero-order valence-electron chi connectivity index (χ0n) is 12.4. The molecule has 2 rings (SSSR count). The van der Waals surface area contributed by atoms with Crippen LogP contribution >= 0.6 is 0 Å². The maximum atomic E-state index is 12.4. The number of hydrogen-bond acceptors (Lipinski definition) is 2. The number of amides is 3. The van der Waals surface area contributed by atoms with E-state index in [1.807, 2.05) is 4.90 Å². The Balaban J connectivity index is 1.88. The summed E-state index contributed by atoms with van der Waals surface area (Å²) in [4.78, 5) is 25.2.